The van der Waals surface area contributed by atoms with E-state index < -0.39 is 17.7 Å². The summed E-state index contributed by atoms with van der Waals surface area (Å²) in [6, 6.07) is 5.10. The van der Waals surface area contributed by atoms with Gasteiger partial charge in [-0.1, -0.05) is 18.2 Å². The van der Waals surface area contributed by atoms with E-state index in [1.54, 1.807) is 25.1 Å². The first-order chi connectivity index (χ1) is 10.0. The summed E-state index contributed by atoms with van der Waals surface area (Å²) >= 11 is 0. The van der Waals surface area contributed by atoms with Gasteiger partial charge in [-0.05, 0) is 31.5 Å². The molecule has 0 aromatic heterocycles. The highest BCUT2D eigenvalue weighted by Gasteiger charge is 2.26. The van der Waals surface area contributed by atoms with Gasteiger partial charge in [-0.15, -0.1) is 0 Å². The lowest BCUT2D eigenvalue weighted by Crippen LogP contribution is -2.44. The number of urea groups is 1. The minimum atomic E-state index is -0.902. The maximum absolute atomic E-state index is 13.2. The number of carbonyl (C=O) groups is 2. The molecule has 21 heavy (non-hydrogen) atoms. The average Bonchev–Trinajstić information content (AvgIpc) is 2.88. The third-order valence-electron chi connectivity index (χ3n) is 3.39. The molecule has 1 aromatic rings. The van der Waals surface area contributed by atoms with Gasteiger partial charge in [0.2, 0.25) is 0 Å². The Hall–Kier alpha value is -2.37. The Labute approximate surface area is 122 Å². The van der Waals surface area contributed by atoms with E-state index in [0.717, 1.165) is 0 Å². The van der Waals surface area contributed by atoms with Crippen molar-refractivity contribution in [3.05, 3.63) is 42.2 Å². The molecule has 2 unspecified atom stereocenters. The molecule has 0 spiro atoms. The van der Waals surface area contributed by atoms with Crippen molar-refractivity contribution in [3.8, 4) is 0 Å². The maximum atomic E-state index is 13.2. The molecular weight excluding hydrogens is 275 g/mol. The summed E-state index contributed by atoms with van der Waals surface area (Å²) in [5, 5.41) is 11.7. The monoisotopic (exact) mass is 292 g/mol. The largest absolute Gasteiger partial charge is 0.481 e. The second-order valence-electron chi connectivity index (χ2n) is 4.85. The molecule has 6 heteroatoms. The number of nitrogens with zero attached hydrogens (tertiary/aromatic N) is 1. The van der Waals surface area contributed by atoms with E-state index in [1.165, 1.54) is 23.1 Å². The number of halogens is 1. The Morgan fingerprint density at radius 2 is 2.19 bits per heavy atom. The number of nitrogens with one attached hydrogen (secondary N) is 1. The Kier molecular flexibility index (Phi) is 4.57. The second kappa shape index (κ2) is 6.39. The van der Waals surface area contributed by atoms with Crippen LogP contribution in [0.1, 0.15) is 13.3 Å². The zero-order valence-corrected chi connectivity index (χ0v) is 11.6. The van der Waals surface area contributed by atoms with Crippen molar-refractivity contribution < 1.29 is 19.1 Å². The second-order valence-corrected chi connectivity index (χ2v) is 4.85. The topological polar surface area (TPSA) is 69.6 Å². The van der Waals surface area contributed by atoms with Gasteiger partial charge in [0.05, 0.1) is 12.0 Å². The van der Waals surface area contributed by atoms with Crippen LogP contribution in [0.3, 0.4) is 0 Å². The first kappa shape index (κ1) is 15.0. The van der Waals surface area contributed by atoms with Crippen molar-refractivity contribution in [2.45, 2.75) is 19.4 Å². The molecule has 0 fully saturated rings. The summed E-state index contributed by atoms with van der Waals surface area (Å²) < 4.78 is 13.2. The molecule has 1 aliphatic carbocycles. The van der Waals surface area contributed by atoms with Crippen LogP contribution >= 0.6 is 0 Å². The SMILES string of the molecule is CCN(C(=O)NC1C=CC(C(=O)O)C1)c1cccc(F)c1. The van der Waals surface area contributed by atoms with Crippen molar-refractivity contribution in [1.29, 1.82) is 0 Å². The number of carbonyl (C=O) groups excluding carboxylic acids is 1. The van der Waals surface area contributed by atoms with Crippen LogP contribution in [-0.4, -0.2) is 29.7 Å². The highest BCUT2D eigenvalue weighted by atomic mass is 19.1. The van der Waals surface area contributed by atoms with Crippen molar-refractivity contribution in [1.82, 2.24) is 5.32 Å². The summed E-state index contributed by atoms with van der Waals surface area (Å²) in [6.07, 6.45) is 3.59. The molecule has 5 nitrogen and oxygen atoms in total. The van der Waals surface area contributed by atoms with Crippen molar-refractivity contribution >= 4 is 17.7 Å². The smallest absolute Gasteiger partial charge is 0.322 e. The van der Waals surface area contributed by atoms with Gasteiger partial charge in [-0.2, -0.15) is 0 Å². The molecule has 0 radical (unpaired) electrons. The third-order valence-corrected chi connectivity index (χ3v) is 3.39. The number of hydrogen-bond acceptors (Lipinski definition) is 2. The average molecular weight is 292 g/mol. The fraction of sp³-hybridized carbons (Fsp3) is 0.333. The molecule has 1 aliphatic rings. The van der Waals surface area contributed by atoms with Crippen molar-refractivity contribution in [2.24, 2.45) is 5.92 Å². The first-order valence-corrected chi connectivity index (χ1v) is 6.76. The van der Waals surface area contributed by atoms with Gasteiger partial charge in [-0.25, -0.2) is 9.18 Å². The summed E-state index contributed by atoms with van der Waals surface area (Å²) in [4.78, 5) is 24.5. The predicted molar refractivity (Wildman–Crippen MR) is 76.6 cm³/mol. The van der Waals surface area contributed by atoms with Crippen LogP contribution in [0.15, 0.2) is 36.4 Å². The van der Waals surface area contributed by atoms with E-state index in [4.69, 9.17) is 5.11 Å². The van der Waals surface area contributed by atoms with Crippen LogP contribution in [0, 0.1) is 11.7 Å². The summed E-state index contributed by atoms with van der Waals surface area (Å²) in [6.45, 7) is 2.17. The van der Waals surface area contributed by atoms with Gasteiger partial charge in [0, 0.05) is 12.2 Å². The fourth-order valence-electron chi connectivity index (χ4n) is 2.31. The quantitative estimate of drug-likeness (QED) is 0.837. The zero-order chi connectivity index (χ0) is 15.4. The summed E-state index contributed by atoms with van der Waals surface area (Å²) in [5.74, 6) is -1.88. The van der Waals surface area contributed by atoms with E-state index in [2.05, 4.69) is 5.32 Å². The van der Waals surface area contributed by atoms with E-state index >= 15 is 0 Å². The van der Waals surface area contributed by atoms with Crippen LogP contribution in [0.5, 0.6) is 0 Å². The number of amides is 2. The minimum absolute atomic E-state index is 0.318. The van der Waals surface area contributed by atoms with E-state index in [9.17, 15) is 14.0 Å². The lowest BCUT2D eigenvalue weighted by atomic mass is 10.1. The van der Waals surface area contributed by atoms with Crippen LogP contribution in [0.2, 0.25) is 0 Å². The van der Waals surface area contributed by atoms with Gasteiger partial charge in [0.1, 0.15) is 5.82 Å². The predicted octanol–water partition coefficient (Wildman–Crippen LogP) is 2.39. The molecular formula is C15H17FN2O3. The van der Waals surface area contributed by atoms with Crippen LogP contribution in [0.4, 0.5) is 14.9 Å². The first-order valence-electron chi connectivity index (χ1n) is 6.76. The van der Waals surface area contributed by atoms with Gasteiger partial charge < -0.3 is 10.4 Å². The number of benzene rings is 1. The van der Waals surface area contributed by atoms with E-state index in [1.807, 2.05) is 0 Å². The Morgan fingerprint density at radius 3 is 2.76 bits per heavy atom. The molecule has 112 valence electrons. The number of rotatable bonds is 4. The number of aliphatic carboxylic acids is 1. The molecule has 1 aromatic carbocycles. The normalized spacial score (nSPS) is 20.3. The maximum Gasteiger partial charge on any atom is 0.322 e. The minimum Gasteiger partial charge on any atom is -0.481 e. The van der Waals surface area contributed by atoms with Gasteiger partial charge in [0.25, 0.3) is 0 Å². The van der Waals surface area contributed by atoms with E-state index in [-0.39, 0.29) is 12.1 Å². The van der Waals surface area contributed by atoms with Crippen LogP contribution in [0.25, 0.3) is 0 Å². The zero-order valence-electron chi connectivity index (χ0n) is 11.6. The lowest BCUT2D eigenvalue weighted by molar-refractivity contribution is -0.140. The highest BCUT2D eigenvalue weighted by Crippen LogP contribution is 2.20. The molecule has 2 rings (SSSR count). The number of hydrogen-bond donors (Lipinski definition) is 2. The van der Waals surface area contributed by atoms with Crippen molar-refractivity contribution in [2.75, 3.05) is 11.4 Å². The Bertz CT molecular complexity index is 574. The lowest BCUT2D eigenvalue weighted by Gasteiger charge is -2.23. The van der Waals surface area contributed by atoms with Gasteiger partial charge >= 0.3 is 12.0 Å². The standard InChI is InChI=1S/C15H17FN2O3/c1-2-18(13-5-3-4-11(16)9-13)15(21)17-12-7-6-10(8-12)14(19)20/h3-7,9-10,12H,2,8H2,1H3,(H,17,21)(H,19,20). The fourth-order valence-corrected chi connectivity index (χ4v) is 2.31. The molecule has 0 aliphatic heterocycles. The highest BCUT2D eigenvalue weighted by molar-refractivity contribution is 5.92. The molecule has 0 heterocycles. The molecule has 2 N–H and O–H groups in total. The molecule has 0 bridgehead atoms. The van der Waals surface area contributed by atoms with Crippen LogP contribution < -0.4 is 10.2 Å². The third kappa shape index (κ3) is 3.59. The van der Waals surface area contributed by atoms with Crippen molar-refractivity contribution in [3.63, 3.8) is 0 Å². The van der Waals surface area contributed by atoms with Gasteiger partial charge in [0.15, 0.2) is 0 Å². The van der Waals surface area contributed by atoms with Gasteiger partial charge in [-0.3, -0.25) is 9.69 Å². The number of anilines is 1. The molecule has 0 saturated heterocycles. The molecule has 0 saturated carbocycles. The Morgan fingerprint density at radius 1 is 1.43 bits per heavy atom. The Balaban J connectivity index is 2.02. The number of carboxylic acids is 1. The summed E-state index contributed by atoms with van der Waals surface area (Å²) in [5.41, 5.74) is 0.465. The van der Waals surface area contributed by atoms with Crippen LogP contribution in [-0.2, 0) is 4.79 Å². The molecule has 2 atom stereocenters. The number of carboxylic acid groups (broad SMARTS) is 1. The summed E-state index contributed by atoms with van der Waals surface area (Å²) in [7, 11) is 0. The molecule has 2 amide bonds. The van der Waals surface area contributed by atoms with E-state index in [0.29, 0.717) is 18.7 Å².